The molecule has 0 aliphatic rings. The second-order valence-corrected chi connectivity index (χ2v) is 4.35. The van der Waals surface area contributed by atoms with E-state index in [1.165, 1.54) is 11.7 Å². The maximum atomic E-state index is 12.5. The number of H-pyrrole nitrogens is 1. The Morgan fingerprint density at radius 3 is 2.76 bits per heavy atom. The number of carbonyl (C=O) groups is 1. The Labute approximate surface area is 118 Å². The molecule has 0 aliphatic heterocycles. The highest BCUT2D eigenvalue weighted by Gasteiger charge is 2.25. The minimum Gasteiger partial charge on any atom is -0.495 e. The van der Waals surface area contributed by atoms with Crippen LogP contribution >= 0.6 is 0 Å². The molecule has 0 bridgehead atoms. The van der Waals surface area contributed by atoms with E-state index in [0.29, 0.717) is 10.9 Å². The minimum atomic E-state index is -0.632. The molecular weight excluding hydrogens is 274 g/mol. The fourth-order valence-electron chi connectivity index (χ4n) is 2.25. The normalized spacial score (nSPS) is 10.8. The Morgan fingerprint density at radius 2 is 2.10 bits per heavy atom. The number of hydrogen-bond donors (Lipinski definition) is 1. The van der Waals surface area contributed by atoms with Gasteiger partial charge in [-0.25, -0.2) is 0 Å². The lowest BCUT2D eigenvalue weighted by Crippen LogP contribution is -2.26. The lowest BCUT2D eigenvalue weighted by atomic mass is 10.1. The van der Waals surface area contributed by atoms with E-state index in [2.05, 4.69) is 20.6 Å². The summed E-state index contributed by atoms with van der Waals surface area (Å²) in [6.45, 7) is 0. The molecule has 2 aromatic heterocycles. The van der Waals surface area contributed by atoms with Gasteiger partial charge in [0.15, 0.2) is 0 Å². The number of rotatable bonds is 3. The van der Waals surface area contributed by atoms with E-state index in [4.69, 9.17) is 4.74 Å². The fourth-order valence-corrected chi connectivity index (χ4v) is 2.25. The molecule has 0 spiro atoms. The topological polar surface area (TPSA) is 103 Å². The molecule has 21 heavy (non-hydrogen) atoms. The number of pyridine rings is 1. The van der Waals surface area contributed by atoms with Gasteiger partial charge >= 0.3 is 0 Å². The summed E-state index contributed by atoms with van der Waals surface area (Å²) in [6, 6.07) is 7.17. The number of nitrogens with one attached hydrogen (secondary N) is 1. The number of aromatic nitrogens is 5. The van der Waals surface area contributed by atoms with Gasteiger partial charge in [-0.15, -0.1) is 10.2 Å². The molecule has 0 saturated carbocycles. The predicted molar refractivity (Wildman–Crippen MR) is 73.4 cm³/mol. The van der Waals surface area contributed by atoms with Crippen molar-refractivity contribution in [3.05, 3.63) is 46.0 Å². The van der Waals surface area contributed by atoms with Gasteiger partial charge < -0.3 is 9.30 Å². The smallest absolute Gasteiger partial charge is 0.265 e. The Balaban J connectivity index is 2.40. The zero-order valence-electron chi connectivity index (χ0n) is 11.3. The summed E-state index contributed by atoms with van der Waals surface area (Å²) in [4.78, 5) is 24.9. The lowest BCUT2D eigenvalue weighted by molar-refractivity contribution is 0.102. The van der Waals surface area contributed by atoms with Crippen LogP contribution in [0.25, 0.3) is 10.9 Å². The van der Waals surface area contributed by atoms with E-state index in [0.717, 1.165) is 0 Å². The molecule has 106 valence electrons. The molecule has 0 radical (unpaired) electrons. The average molecular weight is 285 g/mol. The van der Waals surface area contributed by atoms with Gasteiger partial charge in [0.05, 0.1) is 12.6 Å². The van der Waals surface area contributed by atoms with Crippen molar-refractivity contribution in [2.24, 2.45) is 7.05 Å². The number of para-hydroxylation sites is 1. The number of aromatic amines is 1. The van der Waals surface area contributed by atoms with E-state index in [1.807, 2.05) is 6.07 Å². The number of hydrogen-bond acceptors (Lipinski definition) is 6. The van der Waals surface area contributed by atoms with E-state index < -0.39 is 11.3 Å². The van der Waals surface area contributed by atoms with Crippen LogP contribution < -0.4 is 10.3 Å². The fraction of sp³-hybridized carbons (Fsp3) is 0.154. The minimum absolute atomic E-state index is 0.111. The van der Waals surface area contributed by atoms with Crippen LogP contribution in [0.2, 0.25) is 0 Å². The Kier molecular flexibility index (Phi) is 2.98. The third-order valence-electron chi connectivity index (χ3n) is 3.24. The van der Waals surface area contributed by atoms with Crippen molar-refractivity contribution in [1.82, 2.24) is 25.2 Å². The largest absolute Gasteiger partial charge is 0.495 e. The average Bonchev–Trinajstić information content (AvgIpc) is 3.04. The van der Waals surface area contributed by atoms with Crippen molar-refractivity contribution < 1.29 is 9.53 Å². The van der Waals surface area contributed by atoms with Crippen molar-refractivity contribution in [3.63, 3.8) is 0 Å². The molecule has 0 atom stereocenters. The number of benzene rings is 1. The molecule has 0 unspecified atom stereocenters. The quantitative estimate of drug-likeness (QED) is 0.694. The highest BCUT2D eigenvalue weighted by atomic mass is 16.5. The molecule has 1 aromatic carbocycles. The summed E-state index contributed by atoms with van der Waals surface area (Å²) >= 11 is 0. The zero-order chi connectivity index (χ0) is 15.0. The second kappa shape index (κ2) is 4.82. The Hall–Kier alpha value is -3.03. The number of methoxy groups -OCH3 is 1. The molecule has 1 N–H and O–H groups in total. The monoisotopic (exact) mass is 285 g/mol. The number of nitrogens with zero attached hydrogens (tertiary/aromatic N) is 4. The van der Waals surface area contributed by atoms with Crippen molar-refractivity contribution in [3.8, 4) is 5.75 Å². The van der Waals surface area contributed by atoms with E-state index in [-0.39, 0.29) is 17.1 Å². The van der Waals surface area contributed by atoms with Crippen molar-refractivity contribution in [2.45, 2.75) is 0 Å². The van der Waals surface area contributed by atoms with Crippen molar-refractivity contribution >= 4 is 16.7 Å². The number of ketones is 1. The van der Waals surface area contributed by atoms with Crippen LogP contribution in [0, 0.1) is 0 Å². The first kappa shape index (κ1) is 13.0. The van der Waals surface area contributed by atoms with Gasteiger partial charge in [-0.2, -0.15) is 5.21 Å². The number of fused-ring (bicyclic) bond motifs is 1. The molecule has 3 rings (SSSR count). The van der Waals surface area contributed by atoms with Crippen LogP contribution in [0.1, 0.15) is 16.2 Å². The van der Waals surface area contributed by atoms with E-state index >= 15 is 0 Å². The van der Waals surface area contributed by atoms with Gasteiger partial charge in [0.2, 0.25) is 11.6 Å². The van der Waals surface area contributed by atoms with Crippen LogP contribution in [-0.4, -0.2) is 38.1 Å². The first-order valence-electron chi connectivity index (χ1n) is 6.09. The number of ether oxygens (including phenoxy) is 1. The molecular formula is C13H11N5O3. The molecule has 0 aliphatic carbocycles. The van der Waals surface area contributed by atoms with Crippen molar-refractivity contribution in [2.75, 3.05) is 7.11 Å². The summed E-state index contributed by atoms with van der Waals surface area (Å²) in [5.74, 6) is -0.601. The summed E-state index contributed by atoms with van der Waals surface area (Å²) in [6.07, 6.45) is 0. The second-order valence-electron chi connectivity index (χ2n) is 4.35. The SMILES string of the molecule is COc1c(C(=O)c2nn[nH]n2)c(=O)n(C)c2ccccc12. The van der Waals surface area contributed by atoms with Crippen LogP contribution in [0.4, 0.5) is 0 Å². The van der Waals surface area contributed by atoms with Crippen LogP contribution in [0.15, 0.2) is 29.1 Å². The summed E-state index contributed by atoms with van der Waals surface area (Å²) in [7, 11) is 3.01. The predicted octanol–water partition coefficient (Wildman–Crippen LogP) is 0.291. The maximum Gasteiger partial charge on any atom is 0.265 e. The number of tetrazole rings is 1. The highest BCUT2D eigenvalue weighted by molar-refractivity contribution is 6.10. The van der Waals surface area contributed by atoms with Gasteiger partial charge in [-0.3, -0.25) is 9.59 Å². The lowest BCUT2D eigenvalue weighted by Gasteiger charge is -2.12. The summed E-state index contributed by atoms with van der Waals surface area (Å²) in [5.41, 5.74) is 0.0875. The maximum absolute atomic E-state index is 12.5. The van der Waals surface area contributed by atoms with Crippen LogP contribution in [0.5, 0.6) is 5.75 Å². The van der Waals surface area contributed by atoms with Crippen molar-refractivity contribution in [1.29, 1.82) is 0 Å². The van der Waals surface area contributed by atoms with Gasteiger partial charge in [-0.1, -0.05) is 12.1 Å². The molecule has 3 aromatic rings. The number of carbonyl (C=O) groups excluding carboxylic acids is 1. The molecule has 8 heteroatoms. The van der Waals surface area contributed by atoms with Crippen LogP contribution in [-0.2, 0) is 7.05 Å². The Morgan fingerprint density at radius 1 is 1.33 bits per heavy atom. The molecule has 2 heterocycles. The standard InChI is InChI=1S/C13H11N5O3/c1-18-8-6-4-3-5-7(8)11(21-2)9(13(18)20)10(19)12-14-16-17-15-12/h3-6H,1-2H3,(H,14,15,16,17). The van der Waals surface area contributed by atoms with Gasteiger partial charge in [-0.05, 0) is 17.3 Å². The first-order valence-corrected chi connectivity index (χ1v) is 6.09. The molecule has 0 saturated heterocycles. The van der Waals surface area contributed by atoms with Gasteiger partial charge in [0, 0.05) is 12.4 Å². The third kappa shape index (κ3) is 1.88. The van der Waals surface area contributed by atoms with Gasteiger partial charge in [0.1, 0.15) is 11.3 Å². The zero-order valence-corrected chi connectivity index (χ0v) is 11.3. The van der Waals surface area contributed by atoms with Gasteiger partial charge in [0.25, 0.3) is 5.56 Å². The van der Waals surface area contributed by atoms with E-state index in [1.54, 1.807) is 25.2 Å². The van der Waals surface area contributed by atoms with Crippen LogP contribution in [0.3, 0.4) is 0 Å². The third-order valence-corrected chi connectivity index (χ3v) is 3.24. The first-order chi connectivity index (χ1) is 10.1. The molecule has 0 amide bonds. The highest BCUT2D eigenvalue weighted by Crippen LogP contribution is 2.27. The molecule has 8 nitrogen and oxygen atoms in total. The summed E-state index contributed by atoms with van der Waals surface area (Å²) < 4.78 is 6.69. The summed E-state index contributed by atoms with van der Waals surface area (Å²) in [5, 5.41) is 13.4. The Bertz CT molecular complexity index is 883. The molecule has 0 fully saturated rings. The number of aryl methyl sites for hydroxylation is 1. The van der Waals surface area contributed by atoms with E-state index in [9.17, 15) is 9.59 Å².